The van der Waals surface area contributed by atoms with Crippen LogP contribution in [-0.4, -0.2) is 25.0 Å². The highest BCUT2D eigenvalue weighted by Gasteiger charge is 2.14. The van der Waals surface area contributed by atoms with Crippen molar-refractivity contribution >= 4 is 22.6 Å². The molecular weight excluding hydrogens is 358 g/mol. The van der Waals surface area contributed by atoms with Crippen LogP contribution in [0.3, 0.4) is 0 Å². The minimum absolute atomic E-state index is 0.684. The minimum atomic E-state index is 0.684. The third-order valence-electron chi connectivity index (χ3n) is 4.47. The highest BCUT2D eigenvalue weighted by molar-refractivity contribution is 6.30. The maximum absolute atomic E-state index is 6.15. The molecule has 0 fully saturated rings. The molecule has 27 heavy (non-hydrogen) atoms. The van der Waals surface area contributed by atoms with E-state index in [0.29, 0.717) is 5.02 Å². The Morgan fingerprint density at radius 1 is 0.852 bits per heavy atom. The third-order valence-corrected chi connectivity index (χ3v) is 4.71. The van der Waals surface area contributed by atoms with Crippen LogP contribution in [0, 0.1) is 0 Å². The molecule has 0 saturated heterocycles. The second kappa shape index (κ2) is 6.37. The van der Waals surface area contributed by atoms with Crippen molar-refractivity contribution in [3.05, 3.63) is 84.1 Å². The van der Waals surface area contributed by atoms with Crippen LogP contribution < -0.4 is 0 Å². The Kier molecular flexibility index (Phi) is 3.73. The average Bonchev–Trinajstić information content (AvgIpc) is 3.35. The quantitative estimate of drug-likeness (QED) is 0.478. The highest BCUT2D eigenvalue weighted by atomic mass is 35.5. The van der Waals surface area contributed by atoms with Gasteiger partial charge in [-0.05, 0) is 36.4 Å². The van der Waals surface area contributed by atoms with Crippen molar-refractivity contribution in [2.75, 3.05) is 0 Å². The van der Waals surface area contributed by atoms with Crippen molar-refractivity contribution < 1.29 is 0 Å². The fraction of sp³-hybridized carbons (Fsp3) is 0. The van der Waals surface area contributed by atoms with E-state index in [4.69, 9.17) is 11.6 Å². The minimum Gasteiger partial charge on any atom is -0.344 e. The number of hydrogen-bond acceptors (Lipinski definition) is 3. The Morgan fingerprint density at radius 2 is 1.74 bits per heavy atom. The third kappa shape index (κ3) is 2.78. The maximum Gasteiger partial charge on any atom is 0.113 e. The summed E-state index contributed by atoms with van der Waals surface area (Å²) in [7, 11) is 0. The van der Waals surface area contributed by atoms with Crippen molar-refractivity contribution in [2.24, 2.45) is 0 Å². The van der Waals surface area contributed by atoms with Crippen LogP contribution in [0.4, 0.5) is 0 Å². The van der Waals surface area contributed by atoms with Crippen LogP contribution in [0.15, 0.2) is 79.1 Å². The van der Waals surface area contributed by atoms with E-state index >= 15 is 0 Å². The molecule has 2 aromatic heterocycles. The van der Waals surface area contributed by atoms with E-state index < -0.39 is 0 Å². The molecule has 2 heterocycles. The van der Waals surface area contributed by atoms with Crippen molar-refractivity contribution in [1.29, 1.82) is 0 Å². The molecule has 0 radical (unpaired) electrons. The largest absolute Gasteiger partial charge is 0.344 e. The second-order valence-electron chi connectivity index (χ2n) is 6.18. The summed E-state index contributed by atoms with van der Waals surface area (Å²) in [6.45, 7) is 0. The first-order valence-electron chi connectivity index (χ1n) is 8.50. The number of rotatable bonds is 3. The molecule has 130 valence electrons. The van der Waals surface area contributed by atoms with Gasteiger partial charge in [0.1, 0.15) is 5.52 Å². The van der Waals surface area contributed by atoms with Crippen LogP contribution in [0.5, 0.6) is 0 Å². The summed E-state index contributed by atoms with van der Waals surface area (Å²) in [5, 5.41) is 9.27. The molecule has 6 heteroatoms. The number of halogens is 1. The van der Waals surface area contributed by atoms with Crippen LogP contribution in [-0.2, 0) is 0 Å². The Hall–Kier alpha value is -3.44. The molecule has 3 aromatic carbocycles. The van der Waals surface area contributed by atoms with Gasteiger partial charge in [-0.1, -0.05) is 53.2 Å². The molecule has 0 aliphatic heterocycles. The van der Waals surface area contributed by atoms with Crippen LogP contribution in [0.1, 0.15) is 0 Å². The summed E-state index contributed by atoms with van der Waals surface area (Å²) in [5.41, 5.74) is 6.51. The SMILES string of the molecule is Clc1cccc(-c2nc[nH]c2-c2ccc3nnn(-c4ccccc4)c3c2)c1. The smallest absolute Gasteiger partial charge is 0.113 e. The lowest BCUT2D eigenvalue weighted by Gasteiger charge is -2.06. The molecule has 0 amide bonds. The predicted octanol–water partition coefficient (Wildman–Crippen LogP) is 5.13. The zero-order valence-electron chi connectivity index (χ0n) is 14.2. The Balaban J connectivity index is 1.66. The first-order chi connectivity index (χ1) is 13.3. The molecule has 0 saturated carbocycles. The molecule has 0 atom stereocenters. The van der Waals surface area contributed by atoms with E-state index in [-0.39, 0.29) is 0 Å². The number of aromatic amines is 1. The van der Waals surface area contributed by atoms with Gasteiger partial charge in [0.15, 0.2) is 0 Å². The number of benzene rings is 3. The summed E-state index contributed by atoms with van der Waals surface area (Å²) in [6.07, 6.45) is 1.70. The number of hydrogen-bond donors (Lipinski definition) is 1. The topological polar surface area (TPSA) is 59.4 Å². The summed E-state index contributed by atoms with van der Waals surface area (Å²) < 4.78 is 1.84. The molecule has 5 aromatic rings. The van der Waals surface area contributed by atoms with Crippen molar-refractivity contribution in [2.45, 2.75) is 0 Å². The normalized spacial score (nSPS) is 11.1. The molecule has 0 aliphatic rings. The molecular formula is C21H14ClN5. The zero-order chi connectivity index (χ0) is 18.2. The lowest BCUT2D eigenvalue weighted by molar-refractivity contribution is 0.824. The van der Waals surface area contributed by atoms with Crippen molar-refractivity contribution in [3.63, 3.8) is 0 Å². The fourth-order valence-electron chi connectivity index (χ4n) is 3.20. The summed E-state index contributed by atoms with van der Waals surface area (Å²) in [5.74, 6) is 0. The monoisotopic (exact) mass is 371 g/mol. The molecule has 0 bridgehead atoms. The van der Waals surface area contributed by atoms with Crippen molar-refractivity contribution in [3.8, 4) is 28.2 Å². The number of nitrogens with zero attached hydrogens (tertiary/aromatic N) is 4. The van der Waals surface area contributed by atoms with Crippen LogP contribution >= 0.6 is 11.6 Å². The Morgan fingerprint density at radius 3 is 2.59 bits per heavy atom. The van der Waals surface area contributed by atoms with Gasteiger partial charge in [-0.15, -0.1) is 5.10 Å². The lowest BCUT2D eigenvalue weighted by atomic mass is 10.0. The van der Waals surface area contributed by atoms with E-state index in [1.54, 1.807) is 6.33 Å². The van der Waals surface area contributed by atoms with E-state index in [1.807, 2.05) is 71.4 Å². The number of imidazole rings is 1. The van der Waals surface area contributed by atoms with Gasteiger partial charge in [0.05, 0.1) is 28.9 Å². The number of nitrogens with one attached hydrogen (secondary N) is 1. The summed E-state index contributed by atoms with van der Waals surface area (Å²) >= 11 is 6.15. The summed E-state index contributed by atoms with van der Waals surface area (Å²) in [4.78, 5) is 7.75. The number of para-hydroxylation sites is 1. The van der Waals surface area contributed by atoms with Gasteiger partial charge in [0.2, 0.25) is 0 Å². The fourth-order valence-corrected chi connectivity index (χ4v) is 3.39. The van der Waals surface area contributed by atoms with E-state index in [2.05, 4.69) is 26.3 Å². The molecule has 0 spiro atoms. The van der Waals surface area contributed by atoms with Gasteiger partial charge in [-0.2, -0.15) is 0 Å². The van der Waals surface area contributed by atoms with Gasteiger partial charge in [0, 0.05) is 16.1 Å². The van der Waals surface area contributed by atoms with E-state index in [0.717, 1.165) is 39.2 Å². The first-order valence-corrected chi connectivity index (χ1v) is 8.88. The molecule has 0 aliphatic carbocycles. The average molecular weight is 372 g/mol. The highest BCUT2D eigenvalue weighted by Crippen LogP contribution is 2.32. The Bertz CT molecular complexity index is 1240. The Labute approximate surface area is 160 Å². The van der Waals surface area contributed by atoms with Gasteiger partial charge in [-0.25, -0.2) is 9.67 Å². The van der Waals surface area contributed by atoms with Crippen LogP contribution in [0.2, 0.25) is 5.02 Å². The molecule has 1 N–H and O–H groups in total. The molecule has 5 rings (SSSR count). The van der Waals surface area contributed by atoms with Gasteiger partial charge in [0.25, 0.3) is 0 Å². The first kappa shape index (κ1) is 15.8. The van der Waals surface area contributed by atoms with Crippen molar-refractivity contribution in [1.82, 2.24) is 25.0 Å². The molecule has 0 unspecified atom stereocenters. The van der Waals surface area contributed by atoms with Gasteiger partial charge in [-0.3, -0.25) is 0 Å². The number of fused-ring (bicyclic) bond motifs is 1. The van der Waals surface area contributed by atoms with E-state index in [1.165, 1.54) is 0 Å². The predicted molar refractivity (Wildman–Crippen MR) is 107 cm³/mol. The van der Waals surface area contributed by atoms with Gasteiger partial charge >= 0.3 is 0 Å². The van der Waals surface area contributed by atoms with E-state index in [9.17, 15) is 0 Å². The standard InChI is InChI=1S/C21H14ClN5/c22-16-6-4-5-14(11-16)20-21(24-13-23-20)15-9-10-18-19(12-15)27(26-25-18)17-7-2-1-3-8-17/h1-13H,(H,23,24). The maximum atomic E-state index is 6.15. The summed E-state index contributed by atoms with van der Waals surface area (Å²) in [6, 6.07) is 23.7. The second-order valence-corrected chi connectivity index (χ2v) is 6.61. The number of H-pyrrole nitrogens is 1. The molecule has 5 nitrogen and oxygen atoms in total. The van der Waals surface area contributed by atoms with Crippen LogP contribution in [0.25, 0.3) is 39.2 Å². The zero-order valence-corrected chi connectivity index (χ0v) is 14.9. The number of aromatic nitrogens is 5. The van der Waals surface area contributed by atoms with Gasteiger partial charge < -0.3 is 4.98 Å². The lowest BCUT2D eigenvalue weighted by Crippen LogP contribution is -1.96.